The lowest BCUT2D eigenvalue weighted by atomic mass is 10.1. The van der Waals surface area contributed by atoms with Gasteiger partial charge in [0.15, 0.2) is 0 Å². The van der Waals surface area contributed by atoms with E-state index in [0.29, 0.717) is 22.5 Å². The van der Waals surface area contributed by atoms with Crippen LogP contribution in [0.5, 0.6) is 0 Å². The van der Waals surface area contributed by atoms with Crippen molar-refractivity contribution in [3.05, 3.63) is 59.7 Å². The van der Waals surface area contributed by atoms with Crippen LogP contribution in [0.2, 0.25) is 0 Å². The fraction of sp³-hybridized carbons (Fsp3) is 0.227. The van der Waals surface area contributed by atoms with Gasteiger partial charge in [-0.3, -0.25) is 9.59 Å². The SMILES string of the molecule is Nc1ccc(C(=O)Nc2ccc(C[C@H](NC(=O)N[C@@H](CCC(=O)O)C(=O)O)C(=O)O)cc2)cc1. The molecule has 180 valence electrons. The summed E-state index contributed by atoms with van der Waals surface area (Å²) in [5, 5.41) is 34.1. The van der Waals surface area contributed by atoms with E-state index in [1.807, 2.05) is 0 Å². The lowest BCUT2D eigenvalue weighted by molar-refractivity contribution is -0.140. The van der Waals surface area contributed by atoms with Crippen LogP contribution in [-0.4, -0.2) is 57.2 Å². The Morgan fingerprint density at radius 2 is 1.35 bits per heavy atom. The Labute approximate surface area is 193 Å². The molecule has 0 unspecified atom stereocenters. The van der Waals surface area contributed by atoms with E-state index in [1.165, 1.54) is 0 Å². The fourth-order valence-corrected chi connectivity index (χ4v) is 2.88. The molecule has 12 heteroatoms. The summed E-state index contributed by atoms with van der Waals surface area (Å²) in [7, 11) is 0. The summed E-state index contributed by atoms with van der Waals surface area (Å²) in [5.41, 5.74) is 7.52. The van der Waals surface area contributed by atoms with Crippen LogP contribution in [0, 0.1) is 0 Å². The van der Waals surface area contributed by atoms with Gasteiger partial charge >= 0.3 is 23.9 Å². The maximum atomic E-state index is 12.3. The average molecular weight is 472 g/mol. The molecule has 0 fully saturated rings. The first kappa shape index (κ1) is 25.6. The molecule has 0 aliphatic rings. The molecule has 0 aliphatic carbocycles. The Bertz CT molecular complexity index is 1050. The molecule has 2 aromatic carbocycles. The molecule has 2 rings (SSSR count). The Hall–Kier alpha value is -4.61. The van der Waals surface area contributed by atoms with Gasteiger partial charge in [0.25, 0.3) is 5.91 Å². The molecule has 0 aliphatic heterocycles. The molecule has 34 heavy (non-hydrogen) atoms. The van der Waals surface area contributed by atoms with Crippen molar-refractivity contribution in [3.8, 4) is 0 Å². The summed E-state index contributed by atoms with van der Waals surface area (Å²) in [6.07, 6.45) is -0.970. The van der Waals surface area contributed by atoms with E-state index in [9.17, 15) is 29.1 Å². The Balaban J connectivity index is 1.96. The number of urea groups is 1. The highest BCUT2D eigenvalue weighted by atomic mass is 16.4. The van der Waals surface area contributed by atoms with Crippen molar-refractivity contribution in [2.24, 2.45) is 0 Å². The molecule has 8 N–H and O–H groups in total. The maximum Gasteiger partial charge on any atom is 0.326 e. The van der Waals surface area contributed by atoms with E-state index < -0.39 is 42.4 Å². The van der Waals surface area contributed by atoms with E-state index in [2.05, 4.69) is 16.0 Å². The number of carboxylic acids is 3. The van der Waals surface area contributed by atoms with Gasteiger partial charge in [-0.25, -0.2) is 14.4 Å². The van der Waals surface area contributed by atoms with Crippen molar-refractivity contribution in [1.29, 1.82) is 0 Å². The number of amides is 3. The van der Waals surface area contributed by atoms with E-state index in [1.54, 1.807) is 48.5 Å². The summed E-state index contributed by atoms with van der Waals surface area (Å²) >= 11 is 0. The minimum absolute atomic E-state index is 0.123. The molecule has 0 saturated carbocycles. The monoisotopic (exact) mass is 472 g/mol. The van der Waals surface area contributed by atoms with E-state index in [4.69, 9.17) is 15.9 Å². The second-order valence-corrected chi connectivity index (χ2v) is 7.31. The van der Waals surface area contributed by atoms with Crippen LogP contribution in [-0.2, 0) is 20.8 Å². The second kappa shape index (κ2) is 11.9. The zero-order chi connectivity index (χ0) is 25.3. The molecule has 12 nitrogen and oxygen atoms in total. The van der Waals surface area contributed by atoms with Gasteiger partial charge in [-0.15, -0.1) is 0 Å². The average Bonchev–Trinajstić information content (AvgIpc) is 2.77. The number of nitrogens with two attached hydrogens (primary N) is 1. The highest BCUT2D eigenvalue weighted by Gasteiger charge is 2.25. The molecule has 0 bridgehead atoms. The van der Waals surface area contributed by atoms with Crippen LogP contribution in [0.15, 0.2) is 48.5 Å². The number of carbonyl (C=O) groups excluding carboxylic acids is 2. The van der Waals surface area contributed by atoms with Gasteiger partial charge < -0.3 is 37.0 Å². The summed E-state index contributed by atoms with van der Waals surface area (Å²) in [5.74, 6) is -4.39. The molecule has 0 radical (unpaired) electrons. The molecule has 0 saturated heterocycles. The lowest BCUT2D eigenvalue weighted by Gasteiger charge is -2.18. The molecular formula is C22H24N4O8. The number of aliphatic carboxylic acids is 3. The predicted octanol–water partition coefficient (Wildman–Crippen LogP) is 1.13. The van der Waals surface area contributed by atoms with Gasteiger partial charge in [0.05, 0.1) is 0 Å². The third-order valence-electron chi connectivity index (χ3n) is 4.68. The number of carboxylic acid groups (broad SMARTS) is 3. The van der Waals surface area contributed by atoms with Crippen molar-refractivity contribution >= 4 is 41.2 Å². The molecule has 2 atom stereocenters. The zero-order valence-corrected chi connectivity index (χ0v) is 17.9. The number of benzene rings is 2. The van der Waals surface area contributed by atoms with E-state index in [0.717, 1.165) is 0 Å². The second-order valence-electron chi connectivity index (χ2n) is 7.31. The van der Waals surface area contributed by atoms with Crippen molar-refractivity contribution in [1.82, 2.24) is 10.6 Å². The Kier molecular flexibility index (Phi) is 8.94. The summed E-state index contributed by atoms with van der Waals surface area (Å²) < 4.78 is 0. The van der Waals surface area contributed by atoms with E-state index >= 15 is 0 Å². The minimum atomic E-state index is -1.49. The van der Waals surface area contributed by atoms with Crippen LogP contribution >= 0.6 is 0 Å². The lowest BCUT2D eigenvalue weighted by Crippen LogP contribution is -2.51. The van der Waals surface area contributed by atoms with Crippen LogP contribution in [0.1, 0.15) is 28.8 Å². The third kappa shape index (κ3) is 8.15. The normalized spacial score (nSPS) is 12.1. The van der Waals surface area contributed by atoms with Crippen molar-refractivity contribution in [2.45, 2.75) is 31.3 Å². The predicted molar refractivity (Wildman–Crippen MR) is 120 cm³/mol. The first-order valence-corrected chi connectivity index (χ1v) is 10.1. The van der Waals surface area contributed by atoms with Gasteiger partial charge in [0.1, 0.15) is 12.1 Å². The number of anilines is 2. The van der Waals surface area contributed by atoms with Crippen LogP contribution in [0.25, 0.3) is 0 Å². The number of nitrogens with one attached hydrogen (secondary N) is 3. The number of nitrogen functional groups attached to an aromatic ring is 1. The topological polar surface area (TPSA) is 208 Å². The number of hydrogen-bond donors (Lipinski definition) is 7. The first-order valence-electron chi connectivity index (χ1n) is 10.1. The fourth-order valence-electron chi connectivity index (χ4n) is 2.88. The summed E-state index contributed by atoms with van der Waals surface area (Å²) in [6, 6.07) is 8.67. The maximum absolute atomic E-state index is 12.3. The van der Waals surface area contributed by atoms with Gasteiger partial charge in [0, 0.05) is 29.8 Å². The third-order valence-corrected chi connectivity index (χ3v) is 4.68. The van der Waals surface area contributed by atoms with Crippen LogP contribution in [0.4, 0.5) is 16.2 Å². The standard InChI is InChI=1S/C22H24N4O8/c23-14-5-3-13(4-6-14)19(29)24-15-7-1-12(2-8-15)11-17(21(32)33)26-22(34)25-16(20(30)31)9-10-18(27)28/h1-8,16-17H,9-11,23H2,(H,24,29)(H,27,28)(H,30,31)(H,32,33)(H2,25,26,34)/t16-,17-/m0/s1. The highest BCUT2D eigenvalue weighted by Crippen LogP contribution is 2.14. The Morgan fingerprint density at radius 1 is 0.794 bits per heavy atom. The number of hydrogen-bond acceptors (Lipinski definition) is 6. The van der Waals surface area contributed by atoms with Crippen molar-refractivity contribution in [2.75, 3.05) is 11.1 Å². The number of rotatable bonds is 11. The largest absolute Gasteiger partial charge is 0.481 e. The molecule has 3 amide bonds. The highest BCUT2D eigenvalue weighted by molar-refractivity contribution is 6.04. The first-order chi connectivity index (χ1) is 16.0. The van der Waals surface area contributed by atoms with Gasteiger partial charge in [-0.2, -0.15) is 0 Å². The molecule has 0 aromatic heterocycles. The van der Waals surface area contributed by atoms with Crippen LogP contribution < -0.4 is 21.7 Å². The van der Waals surface area contributed by atoms with Crippen molar-refractivity contribution < 1.29 is 39.3 Å². The van der Waals surface area contributed by atoms with E-state index in [-0.39, 0.29) is 18.7 Å². The van der Waals surface area contributed by atoms with Gasteiger partial charge in [0.2, 0.25) is 0 Å². The van der Waals surface area contributed by atoms with Gasteiger partial charge in [-0.05, 0) is 48.4 Å². The Morgan fingerprint density at radius 3 is 1.88 bits per heavy atom. The van der Waals surface area contributed by atoms with Gasteiger partial charge in [-0.1, -0.05) is 12.1 Å². The zero-order valence-electron chi connectivity index (χ0n) is 17.9. The number of carbonyl (C=O) groups is 5. The van der Waals surface area contributed by atoms with Crippen LogP contribution in [0.3, 0.4) is 0 Å². The molecule has 0 spiro atoms. The molecule has 2 aromatic rings. The minimum Gasteiger partial charge on any atom is -0.481 e. The molecule has 0 heterocycles. The summed E-state index contributed by atoms with van der Waals surface area (Å²) in [4.78, 5) is 57.7. The smallest absolute Gasteiger partial charge is 0.326 e. The summed E-state index contributed by atoms with van der Waals surface area (Å²) in [6.45, 7) is 0. The van der Waals surface area contributed by atoms with Crippen molar-refractivity contribution in [3.63, 3.8) is 0 Å². The quantitative estimate of drug-likeness (QED) is 0.233. The molecular weight excluding hydrogens is 448 g/mol.